The topological polar surface area (TPSA) is 68.3 Å². The van der Waals surface area contributed by atoms with Crippen molar-refractivity contribution >= 4 is 11.8 Å². The highest BCUT2D eigenvalue weighted by atomic mass is 16.5. The lowest BCUT2D eigenvalue weighted by Crippen LogP contribution is -2.66. The lowest BCUT2D eigenvalue weighted by atomic mass is 9.86. The van der Waals surface area contributed by atoms with Crippen LogP contribution in [0.5, 0.6) is 5.75 Å². The van der Waals surface area contributed by atoms with Crippen molar-refractivity contribution in [2.24, 2.45) is 5.92 Å². The third-order valence-electron chi connectivity index (χ3n) is 6.42. The number of β-lactam (4-membered cyclic amide) rings is 1. The number of hydrogen-bond acceptors (Lipinski definition) is 5. The Hall–Kier alpha value is -2.38. The molecule has 0 saturated carbocycles. The van der Waals surface area contributed by atoms with E-state index in [1.54, 1.807) is 14.2 Å². The molecule has 0 spiro atoms. The monoisotopic (exact) mass is 414 g/mol. The van der Waals surface area contributed by atoms with Crippen LogP contribution in [0.4, 0.5) is 0 Å². The van der Waals surface area contributed by atoms with Gasteiger partial charge in [-0.3, -0.25) is 9.59 Å². The normalized spacial score (nSPS) is 25.0. The van der Waals surface area contributed by atoms with E-state index in [2.05, 4.69) is 6.08 Å². The molecule has 7 nitrogen and oxygen atoms in total. The van der Waals surface area contributed by atoms with Gasteiger partial charge >= 0.3 is 0 Å². The van der Waals surface area contributed by atoms with Gasteiger partial charge < -0.3 is 24.0 Å². The fourth-order valence-corrected chi connectivity index (χ4v) is 4.60. The molecular formula is C23H30N2O5. The molecule has 2 saturated heterocycles. The summed E-state index contributed by atoms with van der Waals surface area (Å²) in [5.74, 6) is 1.12. The van der Waals surface area contributed by atoms with Crippen LogP contribution in [0, 0.1) is 5.92 Å². The summed E-state index contributed by atoms with van der Waals surface area (Å²) in [4.78, 5) is 29.2. The van der Waals surface area contributed by atoms with Crippen LogP contribution in [0.25, 0.3) is 0 Å². The van der Waals surface area contributed by atoms with Crippen molar-refractivity contribution in [3.05, 3.63) is 41.5 Å². The standard InChI is InChI=1S/C23H30N2O5/c1-28-19-5-3-16(4-6-19)15-25-20(21(29-2)23(25)27)17-7-11-24(12-8-17)22(26)18-9-13-30-14-10-18/h3-7,18,20-21H,8-15H2,1-2H3. The highest BCUT2D eigenvalue weighted by Gasteiger charge is 2.49. The first-order valence-corrected chi connectivity index (χ1v) is 10.6. The molecule has 1 aromatic carbocycles. The number of nitrogens with zero attached hydrogens (tertiary/aromatic N) is 2. The molecule has 0 aliphatic carbocycles. The van der Waals surface area contributed by atoms with E-state index in [4.69, 9.17) is 14.2 Å². The molecule has 2 amide bonds. The van der Waals surface area contributed by atoms with E-state index < -0.39 is 6.10 Å². The Morgan fingerprint density at radius 3 is 2.50 bits per heavy atom. The number of carbonyl (C=O) groups is 2. The van der Waals surface area contributed by atoms with Gasteiger partial charge in [0, 0.05) is 45.9 Å². The van der Waals surface area contributed by atoms with Crippen LogP contribution < -0.4 is 4.74 Å². The third-order valence-corrected chi connectivity index (χ3v) is 6.42. The molecule has 1 aromatic rings. The molecule has 2 unspecified atom stereocenters. The van der Waals surface area contributed by atoms with Gasteiger partial charge in [0.2, 0.25) is 5.91 Å². The number of carbonyl (C=O) groups excluding carboxylic acids is 2. The second-order valence-corrected chi connectivity index (χ2v) is 8.12. The third kappa shape index (κ3) is 4.09. The lowest BCUT2D eigenvalue weighted by Gasteiger charge is -2.48. The van der Waals surface area contributed by atoms with Gasteiger partial charge in [-0.1, -0.05) is 18.2 Å². The SMILES string of the molecule is COc1ccc(CN2C(=O)C(OC)C2C2=CCN(C(=O)C3CCOCC3)CC2)cc1. The zero-order chi connectivity index (χ0) is 21.1. The van der Waals surface area contributed by atoms with Crippen LogP contribution in [0.1, 0.15) is 24.8 Å². The first kappa shape index (κ1) is 20.9. The average Bonchev–Trinajstić information content (AvgIpc) is 2.81. The zero-order valence-electron chi connectivity index (χ0n) is 17.7. The first-order chi connectivity index (χ1) is 14.6. The summed E-state index contributed by atoms with van der Waals surface area (Å²) >= 11 is 0. The molecule has 0 radical (unpaired) electrons. The van der Waals surface area contributed by atoms with Crippen molar-refractivity contribution < 1.29 is 23.8 Å². The molecule has 2 atom stereocenters. The highest BCUT2D eigenvalue weighted by Crippen LogP contribution is 2.34. The molecule has 3 aliphatic rings. The molecule has 3 heterocycles. The van der Waals surface area contributed by atoms with E-state index >= 15 is 0 Å². The molecule has 162 valence electrons. The summed E-state index contributed by atoms with van der Waals surface area (Å²) in [5, 5.41) is 0. The summed E-state index contributed by atoms with van der Waals surface area (Å²) < 4.78 is 16.1. The molecule has 0 bridgehead atoms. The molecule has 2 fully saturated rings. The van der Waals surface area contributed by atoms with Crippen molar-refractivity contribution in [3.8, 4) is 5.75 Å². The largest absolute Gasteiger partial charge is 0.497 e. The fraction of sp³-hybridized carbons (Fsp3) is 0.565. The number of benzene rings is 1. The highest BCUT2D eigenvalue weighted by molar-refractivity contribution is 5.90. The van der Waals surface area contributed by atoms with Crippen LogP contribution >= 0.6 is 0 Å². The summed E-state index contributed by atoms with van der Waals surface area (Å²) in [6.45, 7) is 3.18. The molecule has 30 heavy (non-hydrogen) atoms. The van der Waals surface area contributed by atoms with E-state index in [0.29, 0.717) is 32.8 Å². The van der Waals surface area contributed by atoms with Gasteiger partial charge in [-0.25, -0.2) is 0 Å². The molecular weight excluding hydrogens is 384 g/mol. The van der Waals surface area contributed by atoms with Crippen molar-refractivity contribution in [3.63, 3.8) is 0 Å². The molecule has 7 heteroatoms. The van der Waals surface area contributed by atoms with Crippen LogP contribution in [0.15, 0.2) is 35.9 Å². The number of hydrogen-bond donors (Lipinski definition) is 0. The van der Waals surface area contributed by atoms with E-state index in [-0.39, 0.29) is 23.8 Å². The van der Waals surface area contributed by atoms with E-state index in [9.17, 15) is 9.59 Å². The molecule has 0 aromatic heterocycles. The summed E-state index contributed by atoms with van der Waals surface area (Å²) in [6.07, 6.45) is 4.07. The number of ether oxygens (including phenoxy) is 3. The Morgan fingerprint density at radius 2 is 1.90 bits per heavy atom. The van der Waals surface area contributed by atoms with Crippen molar-refractivity contribution in [2.75, 3.05) is 40.5 Å². The predicted octanol–water partition coefficient (Wildman–Crippen LogP) is 2.01. The average molecular weight is 415 g/mol. The van der Waals surface area contributed by atoms with E-state index in [1.807, 2.05) is 34.1 Å². The predicted molar refractivity (Wildman–Crippen MR) is 111 cm³/mol. The van der Waals surface area contributed by atoms with Gasteiger partial charge in [0.1, 0.15) is 5.75 Å². The van der Waals surface area contributed by atoms with Gasteiger partial charge in [0.15, 0.2) is 6.10 Å². The van der Waals surface area contributed by atoms with Crippen molar-refractivity contribution in [1.29, 1.82) is 0 Å². The van der Waals surface area contributed by atoms with Crippen LogP contribution in [-0.2, 0) is 25.6 Å². The van der Waals surface area contributed by atoms with Crippen LogP contribution in [0.2, 0.25) is 0 Å². The van der Waals surface area contributed by atoms with Crippen molar-refractivity contribution in [2.45, 2.75) is 38.0 Å². The number of rotatable bonds is 6. The van der Waals surface area contributed by atoms with Crippen LogP contribution in [0.3, 0.4) is 0 Å². The quantitative estimate of drug-likeness (QED) is 0.526. The Balaban J connectivity index is 1.42. The maximum absolute atomic E-state index is 12.8. The van der Waals surface area contributed by atoms with Gasteiger partial charge in [-0.15, -0.1) is 0 Å². The second kappa shape index (κ2) is 9.18. The molecule has 4 rings (SSSR count). The number of methoxy groups -OCH3 is 2. The van der Waals surface area contributed by atoms with Gasteiger partial charge in [0.25, 0.3) is 5.91 Å². The van der Waals surface area contributed by atoms with E-state index in [1.165, 1.54) is 5.57 Å². The number of amides is 2. The summed E-state index contributed by atoms with van der Waals surface area (Å²) in [7, 11) is 3.23. The Morgan fingerprint density at radius 1 is 1.17 bits per heavy atom. The molecule has 3 aliphatic heterocycles. The first-order valence-electron chi connectivity index (χ1n) is 10.6. The summed E-state index contributed by atoms with van der Waals surface area (Å²) in [6, 6.07) is 7.70. The Kier molecular flexibility index (Phi) is 6.39. The smallest absolute Gasteiger partial charge is 0.255 e. The van der Waals surface area contributed by atoms with Crippen molar-refractivity contribution in [1.82, 2.24) is 9.80 Å². The fourth-order valence-electron chi connectivity index (χ4n) is 4.60. The molecule has 0 N–H and O–H groups in total. The van der Waals surface area contributed by atoms with Crippen LogP contribution in [-0.4, -0.2) is 74.3 Å². The Labute approximate surface area is 177 Å². The number of likely N-dealkylation sites (tertiary alicyclic amines) is 1. The lowest BCUT2D eigenvalue weighted by molar-refractivity contribution is -0.168. The van der Waals surface area contributed by atoms with Gasteiger partial charge in [-0.2, -0.15) is 0 Å². The minimum Gasteiger partial charge on any atom is -0.497 e. The zero-order valence-corrected chi connectivity index (χ0v) is 17.7. The minimum absolute atomic E-state index is 0.0138. The maximum atomic E-state index is 12.8. The maximum Gasteiger partial charge on any atom is 0.255 e. The van der Waals surface area contributed by atoms with Gasteiger partial charge in [-0.05, 0) is 42.5 Å². The van der Waals surface area contributed by atoms with E-state index in [0.717, 1.165) is 30.6 Å². The second-order valence-electron chi connectivity index (χ2n) is 8.12. The summed E-state index contributed by atoms with van der Waals surface area (Å²) in [5.41, 5.74) is 2.24. The minimum atomic E-state index is -0.438. The Bertz CT molecular complexity index is 800. The van der Waals surface area contributed by atoms with Gasteiger partial charge in [0.05, 0.1) is 13.2 Å².